The van der Waals surface area contributed by atoms with Gasteiger partial charge in [-0.05, 0) is 26.0 Å². The zero-order valence-corrected chi connectivity index (χ0v) is 11.5. The molecule has 0 saturated carbocycles. The van der Waals surface area contributed by atoms with Crippen molar-refractivity contribution in [2.24, 2.45) is 0 Å². The third kappa shape index (κ3) is 2.61. The molecule has 2 heterocycles. The summed E-state index contributed by atoms with van der Waals surface area (Å²) in [6.07, 6.45) is 3.49. The molecule has 102 valence electrons. The van der Waals surface area contributed by atoms with Gasteiger partial charge in [-0.3, -0.25) is 4.79 Å². The summed E-state index contributed by atoms with van der Waals surface area (Å²) in [6.45, 7) is 4.14. The Balaban J connectivity index is 2.33. The van der Waals surface area contributed by atoms with Crippen LogP contribution in [0.15, 0.2) is 24.5 Å². The van der Waals surface area contributed by atoms with Crippen molar-refractivity contribution in [3.05, 3.63) is 30.1 Å². The molecule has 0 aliphatic carbocycles. The molecule has 0 unspecified atom stereocenters. The van der Waals surface area contributed by atoms with Crippen molar-refractivity contribution in [2.45, 2.75) is 33.0 Å². The number of aromatic nitrogens is 2. The van der Waals surface area contributed by atoms with Crippen molar-refractivity contribution in [3.8, 4) is 0 Å². The zero-order valence-electron chi connectivity index (χ0n) is 11.5. The number of aliphatic hydroxyl groups excluding tert-OH is 1. The van der Waals surface area contributed by atoms with Crippen molar-refractivity contribution in [1.82, 2.24) is 14.5 Å². The number of hydrogen-bond acceptors (Lipinski definition) is 3. The van der Waals surface area contributed by atoms with Crippen LogP contribution in [0.2, 0.25) is 0 Å². The van der Waals surface area contributed by atoms with Crippen LogP contribution in [0.1, 0.15) is 19.4 Å². The lowest BCUT2D eigenvalue weighted by Gasteiger charge is -2.21. The molecule has 0 aliphatic heterocycles. The SMILES string of the molecule is CC(C)N(C)C(=O)Cn1cc(CO)c2cccnc21. The van der Waals surface area contributed by atoms with Crippen molar-refractivity contribution < 1.29 is 9.90 Å². The maximum Gasteiger partial charge on any atom is 0.242 e. The molecule has 0 atom stereocenters. The van der Waals surface area contributed by atoms with Crippen molar-refractivity contribution in [2.75, 3.05) is 7.05 Å². The summed E-state index contributed by atoms with van der Waals surface area (Å²) in [4.78, 5) is 18.1. The van der Waals surface area contributed by atoms with E-state index in [4.69, 9.17) is 0 Å². The van der Waals surface area contributed by atoms with Crippen LogP contribution in [-0.4, -0.2) is 38.6 Å². The third-order valence-corrected chi connectivity index (χ3v) is 3.36. The number of fused-ring (bicyclic) bond motifs is 1. The number of pyridine rings is 1. The highest BCUT2D eigenvalue weighted by Crippen LogP contribution is 2.19. The quantitative estimate of drug-likeness (QED) is 0.905. The topological polar surface area (TPSA) is 58.4 Å². The predicted octanol–water partition coefficient (Wildman–Crippen LogP) is 1.40. The first-order valence-corrected chi connectivity index (χ1v) is 6.34. The summed E-state index contributed by atoms with van der Waals surface area (Å²) in [7, 11) is 1.79. The van der Waals surface area contributed by atoms with E-state index in [1.807, 2.05) is 26.0 Å². The van der Waals surface area contributed by atoms with Gasteiger partial charge in [0.2, 0.25) is 5.91 Å². The number of carbonyl (C=O) groups excluding carboxylic acids is 1. The van der Waals surface area contributed by atoms with E-state index in [1.165, 1.54) is 0 Å². The van der Waals surface area contributed by atoms with Crippen LogP contribution in [0.25, 0.3) is 11.0 Å². The Bertz CT molecular complexity index is 589. The Kier molecular flexibility index (Phi) is 3.85. The molecule has 0 fully saturated rings. The molecular weight excluding hydrogens is 242 g/mol. The van der Waals surface area contributed by atoms with Gasteiger partial charge in [0.1, 0.15) is 12.2 Å². The summed E-state index contributed by atoms with van der Waals surface area (Å²) in [5, 5.41) is 10.2. The average Bonchev–Trinajstić information content (AvgIpc) is 2.76. The minimum absolute atomic E-state index is 0.0297. The number of rotatable bonds is 4. The fraction of sp³-hybridized carbons (Fsp3) is 0.429. The van der Waals surface area contributed by atoms with Crippen LogP contribution in [-0.2, 0) is 17.9 Å². The second-order valence-electron chi connectivity index (χ2n) is 4.91. The van der Waals surface area contributed by atoms with Gasteiger partial charge in [-0.1, -0.05) is 0 Å². The van der Waals surface area contributed by atoms with Gasteiger partial charge in [0.15, 0.2) is 0 Å². The van der Waals surface area contributed by atoms with E-state index in [2.05, 4.69) is 4.98 Å². The Morgan fingerprint density at radius 2 is 2.26 bits per heavy atom. The second kappa shape index (κ2) is 5.40. The molecular formula is C14H19N3O2. The molecule has 0 saturated heterocycles. The molecule has 5 heteroatoms. The van der Waals surface area contributed by atoms with E-state index in [1.54, 1.807) is 28.9 Å². The summed E-state index contributed by atoms with van der Waals surface area (Å²) in [5.41, 5.74) is 1.53. The molecule has 0 bridgehead atoms. The molecule has 2 aromatic rings. The minimum Gasteiger partial charge on any atom is -0.392 e. The fourth-order valence-electron chi connectivity index (χ4n) is 1.99. The molecule has 0 aromatic carbocycles. The highest BCUT2D eigenvalue weighted by atomic mass is 16.3. The smallest absolute Gasteiger partial charge is 0.242 e. The molecule has 19 heavy (non-hydrogen) atoms. The maximum absolute atomic E-state index is 12.1. The largest absolute Gasteiger partial charge is 0.392 e. The first-order chi connectivity index (χ1) is 9.04. The summed E-state index contributed by atoms with van der Waals surface area (Å²) < 4.78 is 1.79. The highest BCUT2D eigenvalue weighted by Gasteiger charge is 2.15. The number of hydrogen-bond donors (Lipinski definition) is 1. The third-order valence-electron chi connectivity index (χ3n) is 3.36. The lowest BCUT2D eigenvalue weighted by Crippen LogP contribution is -2.35. The number of carbonyl (C=O) groups is 1. The van der Waals surface area contributed by atoms with Crippen LogP contribution in [0, 0.1) is 0 Å². The molecule has 1 amide bonds. The van der Waals surface area contributed by atoms with Gasteiger partial charge in [0, 0.05) is 36.4 Å². The maximum atomic E-state index is 12.1. The molecule has 0 spiro atoms. The molecule has 0 radical (unpaired) electrons. The molecule has 2 rings (SSSR count). The van der Waals surface area contributed by atoms with Crippen molar-refractivity contribution >= 4 is 16.9 Å². The number of likely N-dealkylation sites (N-methyl/N-ethyl adjacent to an activating group) is 1. The van der Waals surface area contributed by atoms with Crippen molar-refractivity contribution in [3.63, 3.8) is 0 Å². The van der Waals surface area contributed by atoms with E-state index in [-0.39, 0.29) is 25.1 Å². The highest BCUT2D eigenvalue weighted by molar-refractivity contribution is 5.83. The fourth-order valence-corrected chi connectivity index (χ4v) is 1.99. The summed E-state index contributed by atoms with van der Waals surface area (Å²) in [6, 6.07) is 3.90. The molecule has 1 N–H and O–H groups in total. The standard InChI is InChI=1S/C14H19N3O2/c1-10(2)16(3)13(19)8-17-7-11(9-18)12-5-4-6-15-14(12)17/h4-7,10,18H,8-9H2,1-3H3. The van der Waals surface area contributed by atoms with E-state index < -0.39 is 0 Å². The van der Waals surface area contributed by atoms with Gasteiger partial charge >= 0.3 is 0 Å². The minimum atomic E-state index is -0.0522. The van der Waals surface area contributed by atoms with E-state index in [0.717, 1.165) is 16.6 Å². The molecule has 2 aromatic heterocycles. The Morgan fingerprint density at radius 1 is 1.53 bits per heavy atom. The monoisotopic (exact) mass is 261 g/mol. The molecule has 0 aliphatic rings. The van der Waals surface area contributed by atoms with Crippen LogP contribution in [0.3, 0.4) is 0 Å². The second-order valence-corrected chi connectivity index (χ2v) is 4.91. The Hall–Kier alpha value is -1.88. The van der Waals surface area contributed by atoms with Gasteiger partial charge < -0.3 is 14.6 Å². The van der Waals surface area contributed by atoms with Crippen LogP contribution in [0.5, 0.6) is 0 Å². The first kappa shape index (κ1) is 13.5. The first-order valence-electron chi connectivity index (χ1n) is 6.34. The van der Waals surface area contributed by atoms with E-state index in [0.29, 0.717) is 0 Å². The van der Waals surface area contributed by atoms with Gasteiger partial charge in [0.05, 0.1) is 6.61 Å². The van der Waals surface area contributed by atoms with Gasteiger partial charge in [-0.15, -0.1) is 0 Å². The van der Waals surface area contributed by atoms with Gasteiger partial charge in [-0.25, -0.2) is 4.98 Å². The lowest BCUT2D eigenvalue weighted by molar-refractivity contribution is -0.131. The lowest BCUT2D eigenvalue weighted by atomic mass is 10.2. The van der Waals surface area contributed by atoms with Gasteiger partial charge in [0.25, 0.3) is 0 Å². The Morgan fingerprint density at radius 3 is 2.89 bits per heavy atom. The van der Waals surface area contributed by atoms with E-state index >= 15 is 0 Å². The Labute approximate surface area is 112 Å². The van der Waals surface area contributed by atoms with Crippen molar-refractivity contribution in [1.29, 1.82) is 0 Å². The van der Waals surface area contributed by atoms with Crippen LogP contribution < -0.4 is 0 Å². The summed E-state index contributed by atoms with van der Waals surface area (Å²) in [5.74, 6) is 0.0297. The van der Waals surface area contributed by atoms with Gasteiger partial charge in [-0.2, -0.15) is 0 Å². The van der Waals surface area contributed by atoms with Crippen LogP contribution >= 0.6 is 0 Å². The average molecular weight is 261 g/mol. The van der Waals surface area contributed by atoms with E-state index in [9.17, 15) is 9.90 Å². The number of aliphatic hydroxyl groups is 1. The predicted molar refractivity (Wildman–Crippen MR) is 73.6 cm³/mol. The summed E-state index contributed by atoms with van der Waals surface area (Å²) >= 11 is 0. The zero-order chi connectivity index (χ0) is 14.0. The number of amides is 1. The normalized spacial score (nSPS) is 11.2. The van der Waals surface area contributed by atoms with Crippen LogP contribution in [0.4, 0.5) is 0 Å². The molecule has 5 nitrogen and oxygen atoms in total. The number of nitrogens with zero attached hydrogens (tertiary/aromatic N) is 3.